The molecule has 5 aromatic carbocycles. The minimum absolute atomic E-state index is 0.0403. The van der Waals surface area contributed by atoms with Gasteiger partial charge in [-0.15, -0.1) is 0 Å². The van der Waals surface area contributed by atoms with Gasteiger partial charge in [0, 0.05) is 39.2 Å². The van der Waals surface area contributed by atoms with E-state index in [0.717, 1.165) is 23.3 Å². The normalized spacial score (nSPS) is 27.6. The highest BCUT2D eigenvalue weighted by Gasteiger charge is 2.61. The van der Waals surface area contributed by atoms with E-state index in [-0.39, 0.29) is 16.2 Å². The van der Waals surface area contributed by atoms with E-state index < -0.39 is 0 Å². The van der Waals surface area contributed by atoms with Crippen molar-refractivity contribution in [1.82, 2.24) is 0 Å². The first-order valence-corrected chi connectivity index (χ1v) is 19.2. The second-order valence-corrected chi connectivity index (χ2v) is 17.7. The fourth-order valence-corrected chi connectivity index (χ4v) is 11.7. The second kappa shape index (κ2) is 10.8. The molecule has 0 saturated heterocycles. The van der Waals surface area contributed by atoms with Crippen LogP contribution in [0, 0.1) is 23.7 Å². The molecule has 50 heavy (non-hydrogen) atoms. The summed E-state index contributed by atoms with van der Waals surface area (Å²) in [6.45, 7) is 9.73. The van der Waals surface area contributed by atoms with Crippen LogP contribution in [0.1, 0.15) is 94.9 Å². The Hall–Kier alpha value is -4.30. The van der Waals surface area contributed by atoms with Gasteiger partial charge in [-0.05, 0) is 139 Å². The quantitative estimate of drug-likeness (QED) is 0.191. The summed E-state index contributed by atoms with van der Waals surface area (Å²) in [4.78, 5) is 2.54. The molecule has 4 fully saturated rings. The Morgan fingerprint density at radius 3 is 1.82 bits per heavy atom. The molecule has 6 aliphatic rings. The Bertz CT molecular complexity index is 2080. The summed E-state index contributed by atoms with van der Waals surface area (Å²) in [5.74, 6) is 5.17. The Labute approximate surface area is 298 Å². The summed E-state index contributed by atoms with van der Waals surface area (Å²) in [7, 11) is 0. The van der Waals surface area contributed by atoms with Gasteiger partial charge in [0.15, 0.2) is 0 Å². The molecular formula is C48H49NO. The van der Waals surface area contributed by atoms with Crippen LogP contribution in [0.2, 0.25) is 0 Å². The molecule has 4 bridgehead atoms. The summed E-state index contributed by atoms with van der Waals surface area (Å²) in [6.07, 6.45) is 9.20. The van der Waals surface area contributed by atoms with Crippen molar-refractivity contribution >= 4 is 17.1 Å². The van der Waals surface area contributed by atoms with Gasteiger partial charge in [-0.25, -0.2) is 0 Å². The summed E-state index contributed by atoms with van der Waals surface area (Å²) in [6, 6.07) is 43.5. The standard InChI is InChI=1S/C48H49NO/c1-46(2)21-22-47(3,4)42-29-37(19-20-40(42)46)49(36-15-9-6-10-16-36)38-28-39(33-13-7-5-8-14-33)45-43(30-38)48(41-17-11-12-18-44(41)50-45)34-24-31-23-32(26-34)27-35(48)25-31/h5-20,28-32,34-35H,21-27H2,1-4H3. The molecule has 0 atom stereocenters. The number of para-hydroxylation sites is 2. The number of rotatable bonds is 4. The smallest absolute Gasteiger partial charge is 0.139 e. The number of nitrogens with zero attached hydrogens (tertiary/aromatic N) is 1. The van der Waals surface area contributed by atoms with Gasteiger partial charge in [0.2, 0.25) is 0 Å². The highest BCUT2D eigenvalue weighted by atomic mass is 16.5. The number of ether oxygens (including phenoxy) is 1. The number of hydrogen-bond donors (Lipinski definition) is 0. The highest BCUT2D eigenvalue weighted by molar-refractivity contribution is 5.86. The van der Waals surface area contributed by atoms with Crippen LogP contribution in [-0.4, -0.2) is 0 Å². The summed E-state index contributed by atoms with van der Waals surface area (Å²) in [5.41, 5.74) is 12.1. The van der Waals surface area contributed by atoms with Crippen LogP contribution in [0.5, 0.6) is 11.5 Å². The van der Waals surface area contributed by atoms with Crippen molar-refractivity contribution in [2.24, 2.45) is 23.7 Å². The van der Waals surface area contributed by atoms with E-state index in [9.17, 15) is 0 Å². The minimum Gasteiger partial charge on any atom is -0.456 e. The lowest BCUT2D eigenvalue weighted by atomic mass is 9.41. The third-order valence-electron chi connectivity index (χ3n) is 13.9. The fourth-order valence-electron chi connectivity index (χ4n) is 11.7. The molecule has 0 unspecified atom stereocenters. The Kier molecular flexibility index (Phi) is 6.62. The van der Waals surface area contributed by atoms with Gasteiger partial charge in [0.05, 0.1) is 0 Å². The first-order valence-electron chi connectivity index (χ1n) is 19.2. The number of anilines is 3. The van der Waals surface area contributed by atoms with E-state index in [1.807, 2.05) is 0 Å². The maximum atomic E-state index is 7.15. The van der Waals surface area contributed by atoms with Gasteiger partial charge in [0.25, 0.3) is 0 Å². The third-order valence-corrected chi connectivity index (χ3v) is 13.9. The van der Waals surface area contributed by atoms with Crippen LogP contribution in [0.15, 0.2) is 115 Å². The Morgan fingerprint density at radius 2 is 1.12 bits per heavy atom. The minimum atomic E-state index is -0.0403. The Balaban J connectivity index is 1.26. The van der Waals surface area contributed by atoms with Gasteiger partial charge in [-0.2, -0.15) is 0 Å². The zero-order chi connectivity index (χ0) is 33.8. The molecule has 4 saturated carbocycles. The monoisotopic (exact) mass is 655 g/mol. The molecular weight excluding hydrogens is 607 g/mol. The summed E-state index contributed by atoms with van der Waals surface area (Å²) >= 11 is 0. The largest absolute Gasteiger partial charge is 0.456 e. The number of hydrogen-bond acceptors (Lipinski definition) is 2. The molecule has 2 nitrogen and oxygen atoms in total. The summed E-state index contributed by atoms with van der Waals surface area (Å²) in [5, 5.41) is 0. The van der Waals surface area contributed by atoms with Crippen molar-refractivity contribution in [3.05, 3.63) is 138 Å². The van der Waals surface area contributed by atoms with Crippen molar-refractivity contribution in [1.29, 1.82) is 0 Å². The molecule has 1 spiro atoms. The average Bonchev–Trinajstić information content (AvgIpc) is 3.12. The first kappa shape index (κ1) is 30.5. The third kappa shape index (κ3) is 4.39. The van der Waals surface area contributed by atoms with E-state index in [4.69, 9.17) is 4.74 Å². The topological polar surface area (TPSA) is 12.5 Å². The molecule has 1 heterocycles. The molecule has 252 valence electrons. The van der Waals surface area contributed by atoms with Crippen molar-refractivity contribution in [3.8, 4) is 22.6 Å². The van der Waals surface area contributed by atoms with E-state index in [1.165, 1.54) is 95.4 Å². The van der Waals surface area contributed by atoms with E-state index >= 15 is 0 Å². The predicted octanol–water partition coefficient (Wildman–Crippen LogP) is 13.0. The molecule has 0 amide bonds. The highest BCUT2D eigenvalue weighted by Crippen LogP contribution is 2.70. The van der Waals surface area contributed by atoms with Gasteiger partial charge >= 0.3 is 0 Å². The predicted molar refractivity (Wildman–Crippen MR) is 206 cm³/mol. The van der Waals surface area contributed by atoms with Crippen LogP contribution < -0.4 is 9.64 Å². The maximum absolute atomic E-state index is 7.15. The molecule has 5 aliphatic carbocycles. The summed E-state index contributed by atoms with van der Waals surface area (Å²) < 4.78 is 7.15. The van der Waals surface area contributed by atoms with Crippen molar-refractivity contribution < 1.29 is 4.74 Å². The van der Waals surface area contributed by atoms with E-state index in [2.05, 4.69) is 148 Å². The SMILES string of the molecule is CC1(C)CCC(C)(C)c2cc(N(c3ccccc3)c3cc(-c4ccccc4)c4c(c3)C3(c5ccccc5O4)C4CC5CC(C4)CC3C5)ccc21. The zero-order valence-corrected chi connectivity index (χ0v) is 30.1. The van der Waals surface area contributed by atoms with Gasteiger partial charge in [-0.1, -0.05) is 100 Å². The number of fused-ring (bicyclic) bond motifs is 3. The lowest BCUT2D eigenvalue weighted by molar-refractivity contribution is -0.0451. The van der Waals surface area contributed by atoms with Crippen LogP contribution in [0.3, 0.4) is 0 Å². The lowest BCUT2D eigenvalue weighted by Gasteiger charge is -2.63. The molecule has 11 rings (SSSR count). The van der Waals surface area contributed by atoms with Gasteiger partial charge in [0.1, 0.15) is 11.5 Å². The van der Waals surface area contributed by atoms with E-state index in [0.29, 0.717) is 11.8 Å². The molecule has 1 aliphatic heterocycles. The van der Waals surface area contributed by atoms with Crippen LogP contribution in [-0.2, 0) is 16.2 Å². The lowest BCUT2D eigenvalue weighted by Crippen LogP contribution is -2.57. The number of benzene rings is 5. The van der Waals surface area contributed by atoms with Crippen LogP contribution in [0.4, 0.5) is 17.1 Å². The van der Waals surface area contributed by atoms with E-state index in [1.54, 1.807) is 0 Å². The molecule has 0 aromatic heterocycles. The second-order valence-electron chi connectivity index (χ2n) is 17.7. The average molecular weight is 656 g/mol. The van der Waals surface area contributed by atoms with Gasteiger partial charge in [-0.3, -0.25) is 0 Å². The van der Waals surface area contributed by atoms with Crippen LogP contribution in [0.25, 0.3) is 11.1 Å². The molecule has 2 heteroatoms. The molecule has 0 radical (unpaired) electrons. The van der Waals surface area contributed by atoms with Gasteiger partial charge < -0.3 is 9.64 Å². The fraction of sp³-hybridized carbons (Fsp3) is 0.375. The van der Waals surface area contributed by atoms with Crippen molar-refractivity contribution in [2.75, 3.05) is 4.90 Å². The molecule has 5 aromatic rings. The first-order chi connectivity index (χ1) is 24.2. The maximum Gasteiger partial charge on any atom is 0.139 e. The van der Waals surface area contributed by atoms with Crippen molar-refractivity contribution in [2.45, 2.75) is 88.9 Å². The zero-order valence-electron chi connectivity index (χ0n) is 30.1. The Morgan fingerprint density at radius 1 is 0.520 bits per heavy atom. The van der Waals surface area contributed by atoms with Crippen LogP contribution >= 0.6 is 0 Å². The molecule has 0 N–H and O–H groups in total. The van der Waals surface area contributed by atoms with Crippen molar-refractivity contribution in [3.63, 3.8) is 0 Å².